The summed E-state index contributed by atoms with van der Waals surface area (Å²) >= 11 is 11.7. The molecule has 11 heteroatoms. The van der Waals surface area contributed by atoms with E-state index in [2.05, 4.69) is 0 Å². The summed E-state index contributed by atoms with van der Waals surface area (Å²) in [6.07, 6.45) is -4.61. The van der Waals surface area contributed by atoms with Gasteiger partial charge in [-0.05, 0) is 23.8 Å². The van der Waals surface area contributed by atoms with E-state index in [4.69, 9.17) is 23.2 Å². The molecule has 1 N–H and O–H groups in total. The van der Waals surface area contributed by atoms with Gasteiger partial charge in [-0.1, -0.05) is 53.5 Å². The molecule has 1 amide bonds. The highest BCUT2D eigenvalue weighted by Crippen LogP contribution is 2.27. The molecule has 0 saturated carbocycles. The molecule has 0 saturated heterocycles. The summed E-state index contributed by atoms with van der Waals surface area (Å²) in [5.74, 6) is -1.09. The van der Waals surface area contributed by atoms with E-state index < -0.39 is 35.2 Å². The van der Waals surface area contributed by atoms with E-state index >= 15 is 0 Å². The predicted octanol–water partition coefficient (Wildman–Crippen LogP) is 3.86. The van der Waals surface area contributed by atoms with Crippen LogP contribution in [0.3, 0.4) is 0 Å². The summed E-state index contributed by atoms with van der Waals surface area (Å²) in [5, 5.41) is 1.79. The van der Waals surface area contributed by atoms with Crippen LogP contribution in [0.2, 0.25) is 10.0 Å². The van der Waals surface area contributed by atoms with Gasteiger partial charge in [0.25, 0.3) is 0 Å². The van der Waals surface area contributed by atoms with Gasteiger partial charge in [-0.25, -0.2) is 8.42 Å². The van der Waals surface area contributed by atoms with Crippen molar-refractivity contribution in [1.82, 2.24) is 9.62 Å². The molecule has 0 atom stereocenters. The van der Waals surface area contributed by atoms with Gasteiger partial charge in [-0.3, -0.25) is 4.79 Å². The first kappa shape index (κ1) is 22.5. The van der Waals surface area contributed by atoms with Crippen molar-refractivity contribution in [2.75, 3.05) is 13.1 Å². The number of sulfonamides is 1. The van der Waals surface area contributed by atoms with Crippen LogP contribution in [0.1, 0.15) is 5.56 Å². The summed E-state index contributed by atoms with van der Waals surface area (Å²) in [7, 11) is -4.24. The molecule has 0 heterocycles. The molecule has 0 bridgehead atoms. The van der Waals surface area contributed by atoms with Gasteiger partial charge in [-0.2, -0.15) is 17.5 Å². The van der Waals surface area contributed by atoms with E-state index in [1.807, 2.05) is 0 Å². The highest BCUT2D eigenvalue weighted by atomic mass is 35.5. The number of hydrogen-bond donors (Lipinski definition) is 1. The minimum absolute atomic E-state index is 0.0103. The van der Waals surface area contributed by atoms with Crippen molar-refractivity contribution in [1.29, 1.82) is 0 Å². The van der Waals surface area contributed by atoms with Crippen LogP contribution >= 0.6 is 23.2 Å². The normalized spacial score (nSPS) is 12.2. The number of carbonyl (C=O) groups is 1. The Morgan fingerprint density at radius 3 is 2.25 bits per heavy atom. The molecule has 5 nitrogen and oxygen atoms in total. The van der Waals surface area contributed by atoms with Crippen LogP contribution in [0, 0.1) is 0 Å². The molecule has 2 aromatic rings. The molecule has 0 aliphatic carbocycles. The second-order valence-corrected chi connectivity index (χ2v) is 8.48. The minimum atomic E-state index is -4.61. The summed E-state index contributed by atoms with van der Waals surface area (Å²) in [5.41, 5.74) is 0.551. The van der Waals surface area contributed by atoms with Crippen LogP contribution in [0.4, 0.5) is 13.2 Å². The monoisotopic (exact) mass is 454 g/mol. The third-order valence-electron chi connectivity index (χ3n) is 3.54. The van der Waals surface area contributed by atoms with Crippen LogP contribution in [0.5, 0.6) is 0 Å². The van der Waals surface area contributed by atoms with Crippen molar-refractivity contribution < 1.29 is 26.4 Å². The molecule has 0 spiro atoms. The van der Waals surface area contributed by atoms with Crippen LogP contribution in [-0.4, -0.2) is 37.9 Å². The minimum Gasteiger partial charge on any atom is -0.346 e. The van der Waals surface area contributed by atoms with Crippen molar-refractivity contribution in [3.05, 3.63) is 64.1 Å². The van der Waals surface area contributed by atoms with E-state index in [0.717, 1.165) is 10.4 Å². The first-order valence-corrected chi connectivity index (χ1v) is 10.0. The largest absolute Gasteiger partial charge is 0.405 e. The van der Waals surface area contributed by atoms with Gasteiger partial charge in [0.15, 0.2) is 0 Å². The molecule has 2 rings (SSSR count). The Kier molecular flexibility index (Phi) is 7.33. The number of benzene rings is 2. The Hall–Kier alpha value is -1.81. The van der Waals surface area contributed by atoms with E-state index in [0.29, 0.717) is 5.56 Å². The lowest BCUT2D eigenvalue weighted by Crippen LogP contribution is -2.43. The van der Waals surface area contributed by atoms with Crippen molar-refractivity contribution in [3.8, 4) is 0 Å². The molecule has 152 valence electrons. The number of amides is 1. The van der Waals surface area contributed by atoms with Crippen molar-refractivity contribution in [3.63, 3.8) is 0 Å². The Morgan fingerprint density at radius 2 is 1.68 bits per heavy atom. The topological polar surface area (TPSA) is 66.5 Å². The zero-order valence-corrected chi connectivity index (χ0v) is 16.5. The maximum Gasteiger partial charge on any atom is 0.405 e. The first-order valence-electron chi connectivity index (χ1n) is 7.81. The molecule has 0 aromatic heterocycles. The van der Waals surface area contributed by atoms with Gasteiger partial charge in [0.2, 0.25) is 15.9 Å². The van der Waals surface area contributed by atoms with Gasteiger partial charge in [0.1, 0.15) is 6.54 Å². The lowest BCUT2D eigenvalue weighted by atomic mass is 10.2. The van der Waals surface area contributed by atoms with Gasteiger partial charge >= 0.3 is 6.18 Å². The number of alkyl halides is 3. The number of nitrogens with zero attached hydrogens (tertiary/aromatic N) is 1. The third-order valence-corrected chi connectivity index (χ3v) is 6.06. The Labute approximate surface area is 170 Å². The maximum absolute atomic E-state index is 13.0. The fourth-order valence-corrected chi connectivity index (χ4v) is 3.99. The zero-order chi connectivity index (χ0) is 20.9. The predicted molar refractivity (Wildman–Crippen MR) is 99.6 cm³/mol. The van der Waals surface area contributed by atoms with E-state index in [1.165, 1.54) is 12.1 Å². The molecule has 0 unspecified atom stereocenters. The van der Waals surface area contributed by atoms with E-state index in [1.54, 1.807) is 35.6 Å². The number of carbonyl (C=O) groups excluding carboxylic acids is 1. The van der Waals surface area contributed by atoms with Gasteiger partial charge in [-0.15, -0.1) is 0 Å². The van der Waals surface area contributed by atoms with Gasteiger partial charge in [0.05, 0.1) is 21.5 Å². The molecule has 28 heavy (non-hydrogen) atoms. The lowest BCUT2D eigenvalue weighted by molar-refractivity contribution is -0.138. The molecule has 2 aromatic carbocycles. The molecular formula is C17H15Cl2F3N2O3S. The lowest BCUT2D eigenvalue weighted by Gasteiger charge is -2.22. The highest BCUT2D eigenvalue weighted by Gasteiger charge is 2.31. The van der Waals surface area contributed by atoms with Crippen molar-refractivity contribution in [2.45, 2.75) is 17.6 Å². The standard InChI is InChI=1S/C17H15Cl2F3N2O3S/c18-14-7-6-13(8-15(14)19)28(26,27)24(9-12-4-2-1-3-5-12)10-16(25)23-11-17(20,21)22/h1-8H,9-11H2,(H,23,25). The van der Waals surface area contributed by atoms with Crippen molar-refractivity contribution in [2.24, 2.45) is 0 Å². The zero-order valence-electron chi connectivity index (χ0n) is 14.2. The third kappa shape index (κ3) is 6.37. The fraction of sp³-hybridized carbons (Fsp3) is 0.235. The Morgan fingerprint density at radius 1 is 1.04 bits per heavy atom. The number of nitrogens with one attached hydrogen (secondary N) is 1. The van der Waals surface area contributed by atoms with Crippen LogP contribution in [0.15, 0.2) is 53.4 Å². The summed E-state index contributed by atoms with van der Waals surface area (Å²) < 4.78 is 63.6. The molecular weight excluding hydrogens is 440 g/mol. The number of rotatable bonds is 7. The first-order chi connectivity index (χ1) is 13.0. The quantitative estimate of drug-likeness (QED) is 0.690. The van der Waals surface area contributed by atoms with Gasteiger partial charge in [0, 0.05) is 6.54 Å². The molecule has 0 aliphatic rings. The number of hydrogen-bond acceptors (Lipinski definition) is 3. The summed E-state index contributed by atoms with van der Waals surface area (Å²) in [6.45, 7) is -2.58. The Balaban J connectivity index is 2.31. The molecule has 0 radical (unpaired) electrons. The van der Waals surface area contributed by atoms with E-state index in [-0.39, 0.29) is 21.5 Å². The highest BCUT2D eigenvalue weighted by molar-refractivity contribution is 7.89. The Bertz CT molecular complexity index is 938. The average Bonchev–Trinajstić information content (AvgIpc) is 2.62. The maximum atomic E-state index is 13.0. The second-order valence-electron chi connectivity index (χ2n) is 5.73. The molecule has 0 fully saturated rings. The van der Waals surface area contributed by atoms with Gasteiger partial charge < -0.3 is 5.32 Å². The smallest absolute Gasteiger partial charge is 0.346 e. The SMILES string of the molecule is O=C(CN(Cc1ccccc1)S(=O)(=O)c1ccc(Cl)c(Cl)c1)NCC(F)(F)F. The van der Waals surface area contributed by atoms with Crippen LogP contribution < -0.4 is 5.32 Å². The fourth-order valence-electron chi connectivity index (χ4n) is 2.21. The number of halogens is 5. The van der Waals surface area contributed by atoms with Crippen LogP contribution in [0.25, 0.3) is 0 Å². The van der Waals surface area contributed by atoms with Crippen molar-refractivity contribution >= 4 is 39.1 Å². The second kappa shape index (κ2) is 9.13. The molecule has 0 aliphatic heterocycles. The summed E-state index contributed by atoms with van der Waals surface area (Å²) in [4.78, 5) is 11.7. The average molecular weight is 455 g/mol. The summed E-state index contributed by atoms with van der Waals surface area (Å²) in [6, 6.07) is 11.9. The van der Waals surface area contributed by atoms with E-state index in [9.17, 15) is 26.4 Å². The van der Waals surface area contributed by atoms with Crippen LogP contribution in [-0.2, 0) is 21.4 Å².